The summed E-state index contributed by atoms with van der Waals surface area (Å²) in [6.45, 7) is 19.0. The molecule has 4 nitrogen and oxygen atoms in total. The molecule has 8 aromatic rings. The van der Waals surface area contributed by atoms with E-state index in [1.807, 2.05) is 0 Å². The second-order valence-corrected chi connectivity index (χ2v) is 20.1. The fourth-order valence-electron chi connectivity index (χ4n) is 11.7. The van der Waals surface area contributed by atoms with Gasteiger partial charge in [0.05, 0.1) is 22.4 Å². The first-order valence-electron chi connectivity index (χ1n) is 22.5. The van der Waals surface area contributed by atoms with Crippen LogP contribution in [0.1, 0.15) is 99.9 Å². The van der Waals surface area contributed by atoms with Crippen molar-refractivity contribution >= 4 is 44.9 Å². The van der Waals surface area contributed by atoms with E-state index in [4.69, 9.17) is 4.98 Å². The van der Waals surface area contributed by atoms with Gasteiger partial charge in [0, 0.05) is 56.7 Å². The van der Waals surface area contributed by atoms with Crippen molar-refractivity contribution < 1.29 is 0 Å². The van der Waals surface area contributed by atoms with Crippen LogP contribution < -0.4 is 9.80 Å². The third kappa shape index (κ3) is 5.12. The fraction of sp³-hybridized carbons (Fsp3) is 0.203. The van der Waals surface area contributed by atoms with Crippen molar-refractivity contribution in [2.45, 2.75) is 77.0 Å². The van der Waals surface area contributed by atoms with E-state index in [1.165, 1.54) is 78.4 Å². The molecule has 0 atom stereocenters. The van der Waals surface area contributed by atoms with Crippen LogP contribution in [-0.4, -0.2) is 9.55 Å². The van der Waals surface area contributed by atoms with Crippen LogP contribution in [0.15, 0.2) is 170 Å². The van der Waals surface area contributed by atoms with Crippen molar-refractivity contribution in [3.05, 3.63) is 215 Å². The van der Waals surface area contributed by atoms with Gasteiger partial charge in [-0.2, -0.15) is 0 Å². The lowest BCUT2D eigenvalue weighted by Gasteiger charge is -2.47. The lowest BCUT2D eigenvalue weighted by Crippen LogP contribution is -2.37. The Bertz CT molecular complexity index is 3280. The van der Waals surface area contributed by atoms with Gasteiger partial charge in [-0.25, -0.2) is 4.98 Å². The molecule has 0 bridgehead atoms. The molecule has 0 saturated carbocycles. The number of para-hydroxylation sites is 6. The van der Waals surface area contributed by atoms with Gasteiger partial charge >= 0.3 is 0 Å². The zero-order valence-corrected chi connectivity index (χ0v) is 37.5. The Balaban J connectivity index is 0.932. The first-order valence-corrected chi connectivity index (χ1v) is 22.5. The number of hydrogen-bond acceptors (Lipinski definition) is 3. The predicted octanol–water partition coefficient (Wildman–Crippen LogP) is 14.9. The highest BCUT2D eigenvalue weighted by molar-refractivity contribution is 5.94. The molecule has 0 aliphatic carbocycles. The summed E-state index contributed by atoms with van der Waals surface area (Å²) in [7, 11) is 0. The number of nitrogens with zero attached hydrogens (tertiary/aromatic N) is 4. The van der Waals surface area contributed by atoms with Crippen molar-refractivity contribution in [3.63, 3.8) is 0 Å². The van der Waals surface area contributed by atoms with Crippen LogP contribution in [0.5, 0.6) is 0 Å². The summed E-state index contributed by atoms with van der Waals surface area (Å²) in [6, 6.07) is 58.4. The molecule has 7 aromatic carbocycles. The molecule has 4 aliphatic heterocycles. The Morgan fingerprint density at radius 3 is 1.27 bits per heavy atom. The van der Waals surface area contributed by atoms with Crippen molar-refractivity contribution in [1.29, 1.82) is 0 Å². The Morgan fingerprint density at radius 1 is 0.365 bits per heavy atom. The molecule has 0 unspecified atom stereocenters. The van der Waals surface area contributed by atoms with Crippen LogP contribution in [0.25, 0.3) is 39.3 Å². The number of anilines is 4. The maximum atomic E-state index is 5.29. The standard InChI is InChI=1S/C59H52N4/c1-56(2)41-17-9-12-24-50(41)61-35-47(58(5,6)45-21-15-19-43(56)53(45)61)37-27-29-39(30-28-37)55-60-49-23-11-14-26-52(49)63(55)40-33-31-38(32-34-40)48-36-62-51-25-13-10-18-42(51)57(3,4)44-20-16-22-46(54(44)62)59(48,7)8/h9-36H,1-8H3. The quantitative estimate of drug-likeness (QED) is 0.177. The summed E-state index contributed by atoms with van der Waals surface area (Å²) in [5, 5.41) is 0. The molecule has 63 heavy (non-hydrogen) atoms. The number of aromatic nitrogens is 2. The highest BCUT2D eigenvalue weighted by atomic mass is 15.2. The summed E-state index contributed by atoms with van der Waals surface area (Å²) >= 11 is 0. The van der Waals surface area contributed by atoms with E-state index in [0.29, 0.717) is 0 Å². The van der Waals surface area contributed by atoms with Gasteiger partial charge in [-0.3, -0.25) is 4.57 Å². The third-order valence-electron chi connectivity index (χ3n) is 15.2. The molecule has 0 fully saturated rings. The molecule has 308 valence electrons. The molecule has 12 rings (SSSR count). The number of fused-ring (bicyclic) bond motifs is 5. The van der Waals surface area contributed by atoms with E-state index in [-0.39, 0.29) is 21.7 Å². The fourth-order valence-corrected chi connectivity index (χ4v) is 11.7. The number of rotatable bonds is 4. The topological polar surface area (TPSA) is 24.3 Å². The summed E-state index contributed by atoms with van der Waals surface area (Å²) in [6.07, 6.45) is 4.80. The first-order chi connectivity index (χ1) is 30.3. The van der Waals surface area contributed by atoms with Crippen molar-refractivity contribution in [3.8, 4) is 17.1 Å². The van der Waals surface area contributed by atoms with E-state index in [0.717, 1.165) is 28.1 Å². The van der Waals surface area contributed by atoms with Crippen LogP contribution in [-0.2, 0) is 21.7 Å². The van der Waals surface area contributed by atoms with Crippen molar-refractivity contribution in [1.82, 2.24) is 9.55 Å². The van der Waals surface area contributed by atoms with E-state index >= 15 is 0 Å². The summed E-state index contributed by atoms with van der Waals surface area (Å²) < 4.78 is 2.33. The molecule has 0 radical (unpaired) electrons. The molecular weight excluding hydrogens is 765 g/mol. The SMILES string of the molecule is CC1(C)C(c2ccc(-c3nc4ccccc4n3-c3ccc(C4=CN5c6ccccc6C(C)(C)c6cccc(c65)C4(C)C)cc3)cc2)=CN2c3ccccc3C(C)(C)c3cccc1c32. The maximum absolute atomic E-state index is 5.29. The number of imidazole rings is 1. The minimum atomic E-state index is -0.207. The highest BCUT2D eigenvalue weighted by Gasteiger charge is 2.45. The van der Waals surface area contributed by atoms with E-state index in [1.54, 1.807) is 0 Å². The molecule has 5 heterocycles. The molecule has 0 spiro atoms. The second-order valence-electron chi connectivity index (χ2n) is 20.1. The van der Waals surface area contributed by atoms with Gasteiger partial charge in [-0.05, 0) is 92.1 Å². The first kappa shape index (κ1) is 37.8. The number of hydrogen-bond donors (Lipinski definition) is 0. The summed E-state index contributed by atoms with van der Waals surface area (Å²) in [4.78, 5) is 10.2. The van der Waals surface area contributed by atoms with Gasteiger partial charge in [0.25, 0.3) is 0 Å². The summed E-state index contributed by atoms with van der Waals surface area (Å²) in [5.41, 5.74) is 22.0. The zero-order chi connectivity index (χ0) is 43.2. The van der Waals surface area contributed by atoms with Crippen LogP contribution in [0, 0.1) is 0 Å². The van der Waals surface area contributed by atoms with E-state index in [9.17, 15) is 0 Å². The Kier molecular flexibility index (Phi) is 7.70. The van der Waals surface area contributed by atoms with Crippen LogP contribution in [0.4, 0.5) is 22.7 Å². The minimum absolute atomic E-state index is 0.0918. The molecule has 1 aromatic heterocycles. The lowest BCUT2D eigenvalue weighted by molar-refractivity contribution is 0.614. The lowest BCUT2D eigenvalue weighted by atomic mass is 9.66. The van der Waals surface area contributed by atoms with Gasteiger partial charge < -0.3 is 9.80 Å². The van der Waals surface area contributed by atoms with Crippen LogP contribution in [0.2, 0.25) is 0 Å². The molecular formula is C59H52N4. The zero-order valence-electron chi connectivity index (χ0n) is 37.5. The van der Waals surface area contributed by atoms with Crippen LogP contribution in [0.3, 0.4) is 0 Å². The Hall–Kier alpha value is -6.91. The Labute approximate surface area is 371 Å². The third-order valence-corrected chi connectivity index (χ3v) is 15.2. The largest absolute Gasteiger partial charge is 0.316 e. The Morgan fingerprint density at radius 2 is 0.762 bits per heavy atom. The minimum Gasteiger partial charge on any atom is -0.316 e. The summed E-state index contributed by atoms with van der Waals surface area (Å²) in [5.74, 6) is 0.931. The van der Waals surface area contributed by atoms with E-state index in [2.05, 4.69) is 240 Å². The van der Waals surface area contributed by atoms with Crippen LogP contribution >= 0.6 is 0 Å². The van der Waals surface area contributed by atoms with Gasteiger partial charge in [0.2, 0.25) is 0 Å². The van der Waals surface area contributed by atoms with Gasteiger partial charge in [-0.1, -0.05) is 177 Å². The monoisotopic (exact) mass is 816 g/mol. The second kappa shape index (κ2) is 12.8. The average Bonchev–Trinajstić information content (AvgIpc) is 3.68. The number of allylic oxidation sites excluding steroid dienone is 2. The van der Waals surface area contributed by atoms with Crippen molar-refractivity contribution in [2.24, 2.45) is 0 Å². The van der Waals surface area contributed by atoms with Gasteiger partial charge in [-0.15, -0.1) is 0 Å². The average molecular weight is 817 g/mol. The predicted molar refractivity (Wildman–Crippen MR) is 263 cm³/mol. The molecule has 0 amide bonds. The maximum Gasteiger partial charge on any atom is 0.145 e. The molecule has 0 saturated heterocycles. The molecule has 0 N–H and O–H groups in total. The van der Waals surface area contributed by atoms with Gasteiger partial charge in [0.15, 0.2) is 0 Å². The normalized spacial score (nSPS) is 17.8. The van der Waals surface area contributed by atoms with Gasteiger partial charge in [0.1, 0.15) is 5.82 Å². The highest BCUT2D eigenvalue weighted by Crippen LogP contribution is 2.59. The van der Waals surface area contributed by atoms with E-state index < -0.39 is 0 Å². The molecule has 4 heteroatoms. The smallest absolute Gasteiger partial charge is 0.145 e. The van der Waals surface area contributed by atoms with Crippen molar-refractivity contribution in [2.75, 3.05) is 9.80 Å². The molecule has 4 aliphatic rings. The number of benzene rings is 7.